The molecule has 0 amide bonds. The molecular formula is C58H108NO7+. The zero-order valence-corrected chi connectivity index (χ0v) is 44.2. The van der Waals surface area contributed by atoms with E-state index >= 15 is 0 Å². The maximum atomic E-state index is 12.8. The fourth-order valence-electron chi connectivity index (χ4n) is 8.43. The number of carbonyl (C=O) groups is 3. The van der Waals surface area contributed by atoms with Gasteiger partial charge in [-0.25, -0.2) is 4.79 Å². The van der Waals surface area contributed by atoms with Crippen molar-refractivity contribution in [1.29, 1.82) is 0 Å². The molecule has 2 unspecified atom stereocenters. The molecule has 0 spiro atoms. The third-order valence-corrected chi connectivity index (χ3v) is 12.8. The van der Waals surface area contributed by atoms with E-state index in [1.54, 1.807) is 0 Å². The molecule has 0 radical (unpaired) electrons. The molecule has 0 saturated carbocycles. The van der Waals surface area contributed by atoms with Gasteiger partial charge in [-0.1, -0.05) is 217 Å². The van der Waals surface area contributed by atoms with E-state index in [0.29, 0.717) is 19.3 Å². The van der Waals surface area contributed by atoms with Crippen LogP contribution in [0.3, 0.4) is 0 Å². The first-order valence-corrected chi connectivity index (χ1v) is 28.0. The SMILES string of the molecule is CCCCC/C=C/C=C/CCCCCCCCCCCCC(=O)OC(COCCC(C(=O)O)[N+](C)(C)C)COC(=O)CCCCCCCCC/C=C/CCCCCCCCCCCCCC. The van der Waals surface area contributed by atoms with Crippen LogP contribution in [-0.4, -0.2) is 80.6 Å². The lowest BCUT2D eigenvalue weighted by Crippen LogP contribution is -2.50. The number of ether oxygens (including phenoxy) is 3. The Balaban J connectivity index is 4.17. The second-order valence-electron chi connectivity index (χ2n) is 20.2. The average molecular weight is 932 g/mol. The van der Waals surface area contributed by atoms with Crippen molar-refractivity contribution >= 4 is 17.9 Å². The fraction of sp³-hybridized carbons (Fsp3) is 0.845. The summed E-state index contributed by atoms with van der Waals surface area (Å²) in [5.41, 5.74) is 0. The molecule has 0 aliphatic carbocycles. The highest BCUT2D eigenvalue weighted by atomic mass is 16.6. The van der Waals surface area contributed by atoms with Gasteiger partial charge in [-0.3, -0.25) is 9.59 Å². The minimum Gasteiger partial charge on any atom is -0.477 e. The van der Waals surface area contributed by atoms with E-state index in [-0.39, 0.29) is 36.2 Å². The molecule has 1 N–H and O–H groups in total. The normalized spacial score (nSPS) is 13.0. The van der Waals surface area contributed by atoms with Crippen molar-refractivity contribution in [3.8, 4) is 0 Å². The number of hydrogen-bond donors (Lipinski definition) is 1. The number of nitrogens with zero attached hydrogens (tertiary/aromatic N) is 1. The van der Waals surface area contributed by atoms with Crippen LogP contribution >= 0.6 is 0 Å². The quantitative estimate of drug-likeness (QED) is 0.0213. The summed E-state index contributed by atoms with van der Waals surface area (Å²) < 4.78 is 17.4. The minimum absolute atomic E-state index is 0.0523. The highest BCUT2D eigenvalue weighted by molar-refractivity contribution is 5.72. The van der Waals surface area contributed by atoms with Crippen molar-refractivity contribution in [2.75, 3.05) is 41.0 Å². The molecule has 0 aromatic rings. The van der Waals surface area contributed by atoms with Gasteiger partial charge in [0.25, 0.3) is 0 Å². The fourth-order valence-corrected chi connectivity index (χ4v) is 8.43. The van der Waals surface area contributed by atoms with Crippen molar-refractivity contribution in [3.63, 3.8) is 0 Å². The Morgan fingerprint density at radius 3 is 1.21 bits per heavy atom. The number of allylic oxidation sites excluding steroid dienone is 6. The van der Waals surface area contributed by atoms with Crippen molar-refractivity contribution in [2.45, 2.75) is 276 Å². The molecule has 0 aromatic heterocycles. The lowest BCUT2D eigenvalue weighted by Gasteiger charge is -2.31. The molecule has 0 aliphatic heterocycles. The minimum atomic E-state index is -0.873. The number of esters is 2. The number of hydrogen-bond acceptors (Lipinski definition) is 6. The van der Waals surface area contributed by atoms with Crippen molar-refractivity contribution < 1.29 is 38.2 Å². The highest BCUT2D eigenvalue weighted by Crippen LogP contribution is 2.16. The summed E-state index contributed by atoms with van der Waals surface area (Å²) in [4.78, 5) is 37.2. The first-order valence-electron chi connectivity index (χ1n) is 28.0. The molecule has 386 valence electrons. The van der Waals surface area contributed by atoms with Crippen LogP contribution in [0.5, 0.6) is 0 Å². The molecule has 0 bridgehead atoms. The summed E-state index contributed by atoms with van der Waals surface area (Å²) >= 11 is 0. The van der Waals surface area contributed by atoms with Gasteiger partial charge in [-0.15, -0.1) is 0 Å². The van der Waals surface area contributed by atoms with E-state index in [9.17, 15) is 19.5 Å². The van der Waals surface area contributed by atoms with Crippen LogP contribution in [0.4, 0.5) is 0 Å². The van der Waals surface area contributed by atoms with Crippen molar-refractivity contribution in [1.82, 2.24) is 0 Å². The Labute approximate surface area is 408 Å². The largest absolute Gasteiger partial charge is 0.477 e. The summed E-state index contributed by atoms with van der Waals surface area (Å²) in [6, 6.07) is -0.616. The topological polar surface area (TPSA) is 99.1 Å². The number of unbranched alkanes of at least 4 members (excludes halogenated alkanes) is 32. The Kier molecular flexibility index (Phi) is 47.2. The maximum absolute atomic E-state index is 12.8. The van der Waals surface area contributed by atoms with Gasteiger partial charge in [-0.05, 0) is 64.2 Å². The van der Waals surface area contributed by atoms with E-state index in [0.717, 1.165) is 38.5 Å². The van der Waals surface area contributed by atoms with Gasteiger partial charge in [-0.2, -0.15) is 0 Å². The third-order valence-electron chi connectivity index (χ3n) is 12.8. The van der Waals surface area contributed by atoms with E-state index in [2.05, 4.69) is 50.3 Å². The van der Waals surface area contributed by atoms with Gasteiger partial charge in [0.1, 0.15) is 6.61 Å². The zero-order chi connectivity index (χ0) is 48.4. The molecule has 0 heterocycles. The number of carboxylic acid groups (broad SMARTS) is 1. The van der Waals surface area contributed by atoms with Gasteiger partial charge in [0.2, 0.25) is 0 Å². The lowest BCUT2D eigenvalue weighted by atomic mass is 10.0. The maximum Gasteiger partial charge on any atom is 0.362 e. The summed E-state index contributed by atoms with van der Waals surface area (Å²) in [5, 5.41) is 9.67. The smallest absolute Gasteiger partial charge is 0.362 e. The number of aliphatic carboxylic acids is 1. The van der Waals surface area contributed by atoms with Crippen LogP contribution in [0.1, 0.15) is 264 Å². The molecule has 0 rings (SSSR count). The monoisotopic (exact) mass is 931 g/mol. The Morgan fingerprint density at radius 2 is 0.803 bits per heavy atom. The van der Waals surface area contributed by atoms with Crippen LogP contribution in [-0.2, 0) is 28.6 Å². The second kappa shape index (κ2) is 49.0. The van der Waals surface area contributed by atoms with E-state index in [1.807, 2.05) is 21.1 Å². The van der Waals surface area contributed by atoms with Gasteiger partial charge in [0, 0.05) is 19.3 Å². The Hall–Kier alpha value is -2.45. The standard InChI is InChI=1S/C58H107NO7/c1-6-8-10-12-14-16-18-20-22-24-26-27-28-29-31-32-34-36-38-40-42-44-46-48-56(60)65-53-54(52-64-51-50-55(58(62)63)59(3,4)5)66-57(61)49-47-45-43-41-39-37-35-33-30-25-23-21-19-17-15-13-11-9-7-2/h15,17,19,21,29,31,54-55H,6-14,16,18,20,22-28,30,32-53H2,1-5H3/p+1/b17-15+,21-19+,31-29+. The van der Waals surface area contributed by atoms with Gasteiger partial charge in [0.15, 0.2) is 12.1 Å². The summed E-state index contributed by atoms with van der Waals surface area (Å²) in [5.74, 6) is -1.46. The number of quaternary nitrogens is 1. The molecule has 0 aromatic carbocycles. The predicted molar refractivity (Wildman–Crippen MR) is 280 cm³/mol. The molecule has 8 nitrogen and oxygen atoms in total. The van der Waals surface area contributed by atoms with Gasteiger partial charge < -0.3 is 23.8 Å². The molecule has 66 heavy (non-hydrogen) atoms. The van der Waals surface area contributed by atoms with E-state index < -0.39 is 18.1 Å². The van der Waals surface area contributed by atoms with Crippen LogP contribution in [0.15, 0.2) is 36.5 Å². The average Bonchev–Trinajstić information content (AvgIpc) is 3.28. The van der Waals surface area contributed by atoms with E-state index in [1.165, 1.54) is 193 Å². The van der Waals surface area contributed by atoms with Gasteiger partial charge >= 0.3 is 17.9 Å². The Bertz CT molecular complexity index is 1170. The second-order valence-corrected chi connectivity index (χ2v) is 20.2. The van der Waals surface area contributed by atoms with Crippen molar-refractivity contribution in [2.24, 2.45) is 0 Å². The first-order chi connectivity index (χ1) is 32.1. The number of carboxylic acids is 1. The number of likely N-dealkylation sites (N-methyl/N-ethyl adjacent to an activating group) is 1. The molecular weight excluding hydrogens is 823 g/mol. The van der Waals surface area contributed by atoms with Crippen LogP contribution < -0.4 is 0 Å². The van der Waals surface area contributed by atoms with Gasteiger partial charge in [0.05, 0.1) is 34.4 Å². The molecule has 0 saturated heterocycles. The summed E-state index contributed by atoms with van der Waals surface area (Å²) in [6.07, 6.45) is 59.1. The van der Waals surface area contributed by atoms with Crippen LogP contribution in [0, 0.1) is 0 Å². The van der Waals surface area contributed by atoms with Crippen LogP contribution in [0.2, 0.25) is 0 Å². The zero-order valence-electron chi connectivity index (χ0n) is 44.2. The Morgan fingerprint density at radius 1 is 0.455 bits per heavy atom. The lowest BCUT2D eigenvalue weighted by molar-refractivity contribution is -0.887. The highest BCUT2D eigenvalue weighted by Gasteiger charge is 2.31. The van der Waals surface area contributed by atoms with E-state index in [4.69, 9.17) is 14.2 Å². The number of carbonyl (C=O) groups excluding carboxylic acids is 2. The first kappa shape index (κ1) is 63.5. The molecule has 0 aliphatic rings. The molecule has 8 heteroatoms. The molecule has 0 fully saturated rings. The summed E-state index contributed by atoms with van der Waals surface area (Å²) in [7, 11) is 5.54. The predicted octanol–water partition coefficient (Wildman–Crippen LogP) is 16.5. The molecule has 2 atom stereocenters. The van der Waals surface area contributed by atoms with Crippen molar-refractivity contribution in [3.05, 3.63) is 36.5 Å². The van der Waals surface area contributed by atoms with Crippen LogP contribution in [0.25, 0.3) is 0 Å². The third kappa shape index (κ3) is 46.7. The summed E-state index contributed by atoms with van der Waals surface area (Å²) in [6.45, 7) is 4.74. The number of rotatable bonds is 51.